The van der Waals surface area contributed by atoms with Gasteiger partial charge in [0.05, 0.1) is 0 Å². The molecule has 114 valence electrons. The number of hydrogen-bond donors (Lipinski definition) is 0. The number of fused-ring (bicyclic) bond motifs is 4. The summed E-state index contributed by atoms with van der Waals surface area (Å²) in [5.41, 5.74) is 2.80. The highest BCUT2D eigenvalue weighted by Gasteiger charge is 2.48. The van der Waals surface area contributed by atoms with Gasteiger partial charge >= 0.3 is 0 Å². The van der Waals surface area contributed by atoms with Crippen molar-refractivity contribution < 1.29 is 19.2 Å². The maximum absolute atomic E-state index is 6.27. The molecule has 1 saturated heterocycles. The van der Waals surface area contributed by atoms with E-state index >= 15 is 0 Å². The maximum Gasteiger partial charge on any atom is 0.257 e. The third-order valence-corrected chi connectivity index (χ3v) is 4.42. The molecule has 0 saturated carbocycles. The van der Waals surface area contributed by atoms with E-state index in [1.807, 2.05) is 54.6 Å². The molecule has 4 nitrogen and oxygen atoms in total. The fraction of sp³-hybridized carbons (Fsp3) is 0.158. The van der Waals surface area contributed by atoms with E-state index in [1.54, 1.807) is 0 Å². The molecule has 1 fully saturated rings. The Morgan fingerprint density at radius 1 is 0.870 bits per heavy atom. The van der Waals surface area contributed by atoms with Crippen molar-refractivity contribution in [3.8, 4) is 0 Å². The topological polar surface area (TPSA) is 36.9 Å². The molecule has 2 aliphatic heterocycles. The smallest absolute Gasteiger partial charge is 0.257 e. The van der Waals surface area contributed by atoms with E-state index in [9.17, 15) is 0 Å². The first kappa shape index (κ1) is 13.2. The van der Waals surface area contributed by atoms with Gasteiger partial charge in [-0.1, -0.05) is 66.7 Å². The first-order chi connectivity index (χ1) is 11.4. The molecule has 23 heavy (non-hydrogen) atoms. The fourth-order valence-electron chi connectivity index (χ4n) is 3.43. The van der Waals surface area contributed by atoms with Crippen molar-refractivity contribution >= 4 is 10.8 Å². The van der Waals surface area contributed by atoms with Gasteiger partial charge in [-0.2, -0.15) is 4.89 Å². The molecule has 0 aromatic heterocycles. The molecule has 4 heteroatoms. The third kappa shape index (κ3) is 1.81. The van der Waals surface area contributed by atoms with E-state index in [0.717, 1.165) is 27.5 Å². The summed E-state index contributed by atoms with van der Waals surface area (Å²) in [6.45, 7) is 0.0175. The highest BCUT2D eigenvalue weighted by Crippen LogP contribution is 2.49. The summed E-state index contributed by atoms with van der Waals surface area (Å²) < 4.78 is 12.0. The molecule has 0 amide bonds. The van der Waals surface area contributed by atoms with E-state index < -0.39 is 12.1 Å². The number of ether oxygens (including phenoxy) is 2. The Balaban J connectivity index is 1.89. The minimum Gasteiger partial charge on any atom is -0.319 e. The second-order valence-corrected chi connectivity index (χ2v) is 5.67. The summed E-state index contributed by atoms with van der Waals surface area (Å²) in [4.78, 5) is 11.0. The minimum atomic E-state index is -1.13. The summed E-state index contributed by atoms with van der Waals surface area (Å²) in [6, 6.07) is 22.0. The molecule has 2 atom stereocenters. The molecule has 0 unspecified atom stereocenters. The van der Waals surface area contributed by atoms with Crippen molar-refractivity contribution in [2.24, 2.45) is 0 Å². The van der Waals surface area contributed by atoms with E-state index in [2.05, 4.69) is 12.1 Å². The Hall–Kier alpha value is -2.24. The zero-order valence-electron chi connectivity index (χ0n) is 12.3. The van der Waals surface area contributed by atoms with Crippen LogP contribution < -0.4 is 0 Å². The van der Waals surface area contributed by atoms with Crippen LogP contribution in [0.25, 0.3) is 10.8 Å². The van der Waals surface area contributed by atoms with Crippen LogP contribution >= 0.6 is 0 Å². The highest BCUT2D eigenvalue weighted by molar-refractivity contribution is 5.90. The van der Waals surface area contributed by atoms with Crippen LogP contribution in [0.4, 0.5) is 0 Å². The molecular weight excluding hydrogens is 292 g/mol. The predicted molar refractivity (Wildman–Crippen MR) is 83.1 cm³/mol. The Morgan fingerprint density at radius 2 is 1.70 bits per heavy atom. The first-order valence-corrected chi connectivity index (χ1v) is 7.56. The van der Waals surface area contributed by atoms with Gasteiger partial charge in [0.15, 0.2) is 13.1 Å². The Bertz CT molecular complexity index is 872. The van der Waals surface area contributed by atoms with Crippen molar-refractivity contribution in [2.75, 3.05) is 6.79 Å². The van der Waals surface area contributed by atoms with Gasteiger partial charge in [0.25, 0.3) is 5.79 Å². The Labute approximate surface area is 133 Å². The van der Waals surface area contributed by atoms with Crippen molar-refractivity contribution in [3.05, 3.63) is 83.4 Å². The molecule has 0 N–H and O–H groups in total. The average Bonchev–Trinajstić information content (AvgIpc) is 2.82. The monoisotopic (exact) mass is 306 g/mol. The summed E-state index contributed by atoms with van der Waals surface area (Å²) in [6.07, 6.45) is -0.531. The van der Waals surface area contributed by atoms with Crippen LogP contribution in [0.5, 0.6) is 0 Å². The molecule has 3 aromatic rings. The molecule has 0 spiro atoms. The Kier molecular flexibility index (Phi) is 2.80. The van der Waals surface area contributed by atoms with Crippen molar-refractivity contribution in [1.29, 1.82) is 0 Å². The van der Waals surface area contributed by atoms with Crippen LogP contribution in [-0.4, -0.2) is 6.79 Å². The van der Waals surface area contributed by atoms with Gasteiger partial charge in [0, 0.05) is 16.7 Å². The fourth-order valence-corrected chi connectivity index (χ4v) is 3.43. The van der Waals surface area contributed by atoms with Crippen LogP contribution in [0.3, 0.4) is 0 Å². The zero-order chi connectivity index (χ0) is 15.3. The van der Waals surface area contributed by atoms with Crippen molar-refractivity contribution in [2.45, 2.75) is 12.1 Å². The molecule has 0 radical (unpaired) electrons. The second kappa shape index (κ2) is 4.88. The number of rotatable bonds is 1. The quantitative estimate of drug-likeness (QED) is 0.637. The van der Waals surface area contributed by atoms with Crippen LogP contribution in [0.1, 0.15) is 23.0 Å². The SMILES string of the molecule is c1ccc([C@]23OOCO[C@H](O2)c2cccc4cccc3c24)cc1. The van der Waals surface area contributed by atoms with Gasteiger partial charge in [-0.3, -0.25) is 0 Å². The van der Waals surface area contributed by atoms with Gasteiger partial charge in [-0.25, -0.2) is 4.89 Å². The van der Waals surface area contributed by atoms with Gasteiger partial charge < -0.3 is 9.47 Å². The lowest BCUT2D eigenvalue weighted by atomic mass is 9.87. The number of benzene rings is 3. The summed E-state index contributed by atoms with van der Waals surface area (Å²) in [7, 11) is 0. The summed E-state index contributed by atoms with van der Waals surface area (Å²) >= 11 is 0. The van der Waals surface area contributed by atoms with Crippen LogP contribution in [0.2, 0.25) is 0 Å². The van der Waals surface area contributed by atoms with Crippen molar-refractivity contribution in [1.82, 2.24) is 0 Å². The second-order valence-electron chi connectivity index (χ2n) is 5.67. The summed E-state index contributed by atoms with van der Waals surface area (Å²) in [5, 5.41) is 2.23. The van der Waals surface area contributed by atoms with Crippen LogP contribution in [0.15, 0.2) is 66.7 Å². The number of hydrogen-bond acceptors (Lipinski definition) is 4. The molecular formula is C19H14O4. The van der Waals surface area contributed by atoms with Gasteiger partial charge in [0.1, 0.15) is 0 Å². The van der Waals surface area contributed by atoms with Gasteiger partial charge in [-0.05, 0) is 10.8 Å². The predicted octanol–water partition coefficient (Wildman–Crippen LogP) is 4.01. The maximum atomic E-state index is 6.27. The normalized spacial score (nSPS) is 26.0. The molecule has 2 heterocycles. The van der Waals surface area contributed by atoms with E-state index in [0.29, 0.717) is 0 Å². The molecule has 2 aliphatic rings. The van der Waals surface area contributed by atoms with E-state index in [-0.39, 0.29) is 6.79 Å². The standard InChI is InChI=1S/C19H14O4/c1-2-8-14(9-3-1)19-16-11-5-7-13-6-4-10-15(17(13)16)18(22-19)20-12-21-23-19/h1-11,18H,12H2/t18-,19-/m1/s1. The third-order valence-electron chi connectivity index (χ3n) is 4.42. The lowest BCUT2D eigenvalue weighted by Crippen LogP contribution is -2.37. The molecule has 3 aromatic carbocycles. The van der Waals surface area contributed by atoms with Crippen LogP contribution in [-0.2, 0) is 25.0 Å². The Morgan fingerprint density at radius 3 is 2.57 bits per heavy atom. The van der Waals surface area contributed by atoms with Gasteiger partial charge in [0.2, 0.25) is 0 Å². The first-order valence-electron chi connectivity index (χ1n) is 7.56. The average molecular weight is 306 g/mol. The zero-order valence-corrected chi connectivity index (χ0v) is 12.3. The van der Waals surface area contributed by atoms with E-state index in [1.165, 1.54) is 0 Å². The van der Waals surface area contributed by atoms with E-state index in [4.69, 9.17) is 19.2 Å². The largest absolute Gasteiger partial charge is 0.319 e. The lowest BCUT2D eigenvalue weighted by molar-refractivity contribution is -0.414. The summed E-state index contributed by atoms with van der Waals surface area (Å²) in [5.74, 6) is -1.13. The molecule has 5 rings (SSSR count). The minimum absolute atomic E-state index is 0.0175. The lowest BCUT2D eigenvalue weighted by Gasteiger charge is -2.38. The van der Waals surface area contributed by atoms with Crippen LogP contribution in [0, 0.1) is 0 Å². The highest BCUT2D eigenvalue weighted by atomic mass is 17.3. The molecule has 0 aliphatic carbocycles. The molecule has 2 bridgehead atoms. The van der Waals surface area contributed by atoms with Gasteiger partial charge in [-0.15, -0.1) is 0 Å². The van der Waals surface area contributed by atoms with Crippen molar-refractivity contribution in [3.63, 3.8) is 0 Å².